The molecular formula is C40H46ClN3O7. The number of aliphatic hydroxyl groups excluding tert-OH is 3. The minimum absolute atomic E-state index is 0.186. The highest BCUT2D eigenvalue weighted by atomic mass is 35.5. The van der Waals surface area contributed by atoms with E-state index >= 15 is 0 Å². The van der Waals surface area contributed by atoms with Crippen molar-refractivity contribution in [2.45, 2.75) is 71.0 Å². The summed E-state index contributed by atoms with van der Waals surface area (Å²) in [6, 6.07) is 13.7. The summed E-state index contributed by atoms with van der Waals surface area (Å²) in [4.78, 5) is 6.21. The first-order valence-electron chi connectivity index (χ1n) is 17.2. The van der Waals surface area contributed by atoms with Gasteiger partial charge >= 0.3 is 0 Å². The Balaban J connectivity index is 1.31. The van der Waals surface area contributed by atoms with E-state index in [9.17, 15) is 15.5 Å². The van der Waals surface area contributed by atoms with E-state index < -0.39 is 12.2 Å². The van der Waals surface area contributed by atoms with Crippen molar-refractivity contribution in [3.8, 4) is 17.6 Å². The van der Waals surface area contributed by atoms with E-state index in [1.807, 2.05) is 25.2 Å². The summed E-state index contributed by atoms with van der Waals surface area (Å²) in [5.74, 6) is 2.85. The highest BCUT2D eigenvalue weighted by Crippen LogP contribution is 2.36. The second-order valence-electron chi connectivity index (χ2n) is 12.9. The molecule has 5 rings (SSSR count). The Morgan fingerprint density at radius 3 is 2.51 bits per heavy atom. The van der Waals surface area contributed by atoms with Gasteiger partial charge in [0.05, 0.1) is 29.4 Å². The Morgan fingerprint density at radius 2 is 1.73 bits per heavy atom. The Morgan fingerprint density at radius 1 is 0.961 bits per heavy atom. The van der Waals surface area contributed by atoms with Gasteiger partial charge in [0.25, 0.3) is 0 Å². The van der Waals surface area contributed by atoms with Crippen LogP contribution in [0.15, 0.2) is 78.5 Å². The van der Waals surface area contributed by atoms with Crippen LogP contribution < -0.4 is 9.47 Å². The predicted octanol–water partition coefficient (Wildman–Crippen LogP) is 6.38. The molecule has 270 valence electrons. The molecule has 0 saturated carbocycles. The number of halogens is 1. The first-order valence-corrected chi connectivity index (χ1v) is 17.6. The molecular weight excluding hydrogens is 670 g/mol. The van der Waals surface area contributed by atoms with E-state index in [1.54, 1.807) is 18.3 Å². The molecule has 3 N–H and O–H groups in total. The third-order valence-corrected chi connectivity index (χ3v) is 9.25. The van der Waals surface area contributed by atoms with Gasteiger partial charge in [-0.25, -0.2) is 0 Å². The quantitative estimate of drug-likeness (QED) is 0.153. The van der Waals surface area contributed by atoms with E-state index in [1.165, 1.54) is 6.20 Å². The van der Waals surface area contributed by atoms with Gasteiger partial charge in [-0.1, -0.05) is 48.0 Å². The summed E-state index contributed by atoms with van der Waals surface area (Å²) in [6.45, 7) is 4.47. The van der Waals surface area contributed by atoms with Crippen molar-refractivity contribution in [3.63, 3.8) is 0 Å². The lowest BCUT2D eigenvalue weighted by molar-refractivity contribution is 0.0578. The number of allylic oxidation sites excluding steroid dienone is 4. The van der Waals surface area contributed by atoms with Crippen LogP contribution in [0.1, 0.15) is 65.5 Å². The average Bonchev–Trinajstić information content (AvgIpc) is 3.13. The molecule has 2 unspecified atom stereocenters. The molecule has 11 heteroatoms. The normalized spacial score (nSPS) is 15.5. The minimum atomic E-state index is -0.827. The standard InChI is InChI=1S/C40H46ClN3O7/c1-27-31(6-3-7-35(27)30-5-4-8-37-38(12-9-30)49-16-15-48-37)26-51-40-19-39(50-25-29-17-28(20-42)21-43-22-29)32(18-36(40)41)23-44(2)14-13-33(46)10-11-34(47)24-45/h3-7,9,17-19,21-22,33-34,45-47H,8,10-16,23-26H2,1-2H3. The Kier molecular flexibility index (Phi) is 13.9. The van der Waals surface area contributed by atoms with Crippen LogP contribution in [-0.2, 0) is 29.2 Å². The SMILES string of the molecule is Cc1c(COc2cc(OCc3cncc(C#N)c3)c(CN(C)CCC(O)CCC(O)CO)cc2Cl)cccc1C1=CCC2=C(CC=C1)OCCO2. The fourth-order valence-corrected chi connectivity index (χ4v) is 6.24. The van der Waals surface area contributed by atoms with Crippen molar-refractivity contribution in [3.05, 3.63) is 117 Å². The smallest absolute Gasteiger partial charge is 0.142 e. The van der Waals surface area contributed by atoms with Crippen molar-refractivity contribution in [1.29, 1.82) is 5.26 Å². The topological polar surface area (TPSA) is 138 Å². The van der Waals surface area contributed by atoms with Crippen LogP contribution in [0.2, 0.25) is 5.02 Å². The maximum atomic E-state index is 10.4. The van der Waals surface area contributed by atoms with Crippen molar-refractivity contribution in [2.75, 3.05) is 33.4 Å². The van der Waals surface area contributed by atoms with Crippen LogP contribution >= 0.6 is 11.6 Å². The molecule has 0 saturated heterocycles. The van der Waals surface area contributed by atoms with Gasteiger partial charge < -0.3 is 39.2 Å². The summed E-state index contributed by atoms with van der Waals surface area (Å²) >= 11 is 6.83. The fraction of sp³-hybridized carbons (Fsp3) is 0.400. The van der Waals surface area contributed by atoms with Crippen LogP contribution in [-0.4, -0.2) is 70.8 Å². The first-order chi connectivity index (χ1) is 24.7. The highest BCUT2D eigenvalue weighted by Gasteiger charge is 2.18. The number of pyridine rings is 1. The number of hydrogen-bond acceptors (Lipinski definition) is 10. The first kappa shape index (κ1) is 37.9. The molecule has 2 aliphatic rings. The number of aliphatic hydroxyl groups is 3. The van der Waals surface area contributed by atoms with E-state index in [2.05, 4.69) is 47.2 Å². The van der Waals surface area contributed by atoms with Crippen LogP contribution in [0.25, 0.3) is 5.57 Å². The number of hydrogen-bond donors (Lipinski definition) is 3. The molecule has 1 aliphatic heterocycles. The van der Waals surface area contributed by atoms with Crippen molar-refractivity contribution in [2.24, 2.45) is 0 Å². The molecule has 0 spiro atoms. The lowest BCUT2D eigenvalue weighted by Gasteiger charge is -2.23. The third-order valence-electron chi connectivity index (χ3n) is 8.96. The molecule has 0 amide bonds. The number of aromatic nitrogens is 1. The maximum Gasteiger partial charge on any atom is 0.142 e. The van der Waals surface area contributed by atoms with E-state index in [0.29, 0.717) is 87.1 Å². The second kappa shape index (κ2) is 18.7. The largest absolute Gasteiger partial charge is 0.491 e. The molecule has 1 aliphatic carbocycles. The number of benzene rings is 2. The summed E-state index contributed by atoms with van der Waals surface area (Å²) < 4.78 is 24.3. The zero-order chi connectivity index (χ0) is 36.2. The lowest BCUT2D eigenvalue weighted by Crippen LogP contribution is -2.24. The number of nitriles is 1. The molecule has 3 aromatic rings. The van der Waals surface area contributed by atoms with Gasteiger partial charge in [-0.3, -0.25) is 4.98 Å². The van der Waals surface area contributed by atoms with Gasteiger partial charge in [-0.2, -0.15) is 5.26 Å². The molecule has 2 atom stereocenters. The van der Waals surface area contributed by atoms with E-state index in [4.69, 9.17) is 35.7 Å². The minimum Gasteiger partial charge on any atom is -0.491 e. The summed E-state index contributed by atoms with van der Waals surface area (Å²) in [6.07, 6.45) is 10.8. The summed E-state index contributed by atoms with van der Waals surface area (Å²) in [7, 11) is 1.94. The third kappa shape index (κ3) is 10.8. The maximum absolute atomic E-state index is 10.4. The monoisotopic (exact) mass is 715 g/mol. The Bertz CT molecular complexity index is 1780. The summed E-state index contributed by atoms with van der Waals surface area (Å²) in [5.41, 5.74) is 6.38. The molecule has 0 radical (unpaired) electrons. The molecule has 2 aromatic carbocycles. The van der Waals surface area contributed by atoms with Crippen LogP contribution in [0.4, 0.5) is 0 Å². The van der Waals surface area contributed by atoms with Gasteiger partial charge in [0, 0.05) is 55.5 Å². The number of rotatable bonds is 16. The second-order valence-corrected chi connectivity index (χ2v) is 13.3. The van der Waals surface area contributed by atoms with Crippen LogP contribution in [0.3, 0.4) is 0 Å². The zero-order valence-electron chi connectivity index (χ0n) is 29.2. The van der Waals surface area contributed by atoms with Gasteiger partial charge in [0.1, 0.15) is 55.5 Å². The molecule has 51 heavy (non-hydrogen) atoms. The van der Waals surface area contributed by atoms with Gasteiger partial charge in [0.15, 0.2) is 0 Å². The van der Waals surface area contributed by atoms with Crippen LogP contribution in [0.5, 0.6) is 11.5 Å². The fourth-order valence-electron chi connectivity index (χ4n) is 6.00. The van der Waals surface area contributed by atoms with Gasteiger partial charge in [0.2, 0.25) is 0 Å². The molecule has 10 nitrogen and oxygen atoms in total. The zero-order valence-corrected chi connectivity index (χ0v) is 29.9. The van der Waals surface area contributed by atoms with Crippen molar-refractivity contribution in [1.82, 2.24) is 9.88 Å². The molecule has 2 heterocycles. The number of nitrogens with zero attached hydrogens (tertiary/aromatic N) is 3. The van der Waals surface area contributed by atoms with E-state index in [0.717, 1.165) is 44.9 Å². The van der Waals surface area contributed by atoms with Crippen molar-refractivity contribution < 1.29 is 34.3 Å². The molecule has 0 bridgehead atoms. The van der Waals surface area contributed by atoms with Gasteiger partial charge in [-0.15, -0.1) is 0 Å². The lowest BCUT2D eigenvalue weighted by atomic mass is 9.94. The Labute approximate surface area is 304 Å². The van der Waals surface area contributed by atoms with Gasteiger partial charge in [-0.05, 0) is 67.6 Å². The van der Waals surface area contributed by atoms with Crippen molar-refractivity contribution >= 4 is 17.2 Å². The number of ether oxygens (including phenoxy) is 4. The highest BCUT2D eigenvalue weighted by molar-refractivity contribution is 6.32. The Hall–Kier alpha value is -4.37. The average molecular weight is 716 g/mol. The molecule has 0 fully saturated rings. The summed E-state index contributed by atoms with van der Waals surface area (Å²) in [5, 5.41) is 38.8. The predicted molar refractivity (Wildman–Crippen MR) is 195 cm³/mol. The van der Waals surface area contributed by atoms with E-state index in [-0.39, 0.29) is 13.2 Å². The molecule has 1 aromatic heterocycles. The van der Waals surface area contributed by atoms with Crippen LogP contribution in [0, 0.1) is 18.3 Å².